The number of halogens is 1. The van der Waals surface area contributed by atoms with E-state index in [1.807, 2.05) is 18.2 Å². The third kappa shape index (κ3) is 6.87. The zero-order valence-corrected chi connectivity index (χ0v) is 20.6. The van der Waals surface area contributed by atoms with Gasteiger partial charge in [0.15, 0.2) is 0 Å². The van der Waals surface area contributed by atoms with E-state index < -0.39 is 12.1 Å². The highest BCUT2D eigenvalue weighted by atomic mass is 35.5. The van der Waals surface area contributed by atoms with E-state index >= 15 is 0 Å². The third-order valence-corrected chi connectivity index (χ3v) is 6.60. The summed E-state index contributed by atoms with van der Waals surface area (Å²) in [6.45, 7) is 4.19. The molecule has 2 heterocycles. The lowest BCUT2D eigenvalue weighted by Crippen LogP contribution is -2.42. The average molecular weight is 502 g/mol. The Labute approximate surface area is 210 Å². The summed E-state index contributed by atoms with van der Waals surface area (Å²) in [5.41, 5.74) is 0.526. The summed E-state index contributed by atoms with van der Waals surface area (Å²) in [5.74, 6) is 0.946. The number of likely N-dealkylation sites (tertiary alicyclic amines) is 2. The fourth-order valence-electron chi connectivity index (χ4n) is 4.63. The molecule has 3 atom stereocenters. The predicted molar refractivity (Wildman–Crippen MR) is 134 cm³/mol. The molecular weight excluding hydrogens is 470 g/mol. The van der Waals surface area contributed by atoms with Gasteiger partial charge in [0.1, 0.15) is 36.4 Å². The van der Waals surface area contributed by atoms with Gasteiger partial charge >= 0.3 is 0 Å². The number of β-amino-alcohol motifs (C(OH)–C–C–N with tert-alkyl or cyclic N) is 1. The molecule has 188 valence electrons. The first-order valence-electron chi connectivity index (χ1n) is 12.0. The van der Waals surface area contributed by atoms with E-state index in [1.165, 1.54) is 6.92 Å². The highest BCUT2D eigenvalue weighted by Crippen LogP contribution is 2.26. The van der Waals surface area contributed by atoms with Gasteiger partial charge in [-0.3, -0.25) is 14.5 Å². The molecular formula is C26H32ClN3O5. The number of para-hydroxylation sites is 2. The maximum absolute atomic E-state index is 12.8. The maximum atomic E-state index is 12.8. The number of aliphatic hydroxyl groups excluding tert-OH is 1. The van der Waals surface area contributed by atoms with Crippen molar-refractivity contribution in [1.29, 1.82) is 0 Å². The number of anilines is 1. The van der Waals surface area contributed by atoms with Crippen molar-refractivity contribution < 1.29 is 24.2 Å². The van der Waals surface area contributed by atoms with Crippen molar-refractivity contribution in [3.8, 4) is 11.5 Å². The van der Waals surface area contributed by atoms with Crippen LogP contribution in [-0.2, 0) is 9.59 Å². The number of carbonyl (C=O) groups is 2. The molecule has 0 bridgehead atoms. The monoisotopic (exact) mass is 501 g/mol. The fourth-order valence-corrected chi connectivity index (χ4v) is 4.76. The highest BCUT2D eigenvalue weighted by molar-refractivity contribution is 6.30. The van der Waals surface area contributed by atoms with Gasteiger partial charge in [0.05, 0.1) is 5.69 Å². The van der Waals surface area contributed by atoms with Crippen LogP contribution in [0.1, 0.15) is 26.2 Å². The molecule has 2 aliphatic rings. The molecule has 2 amide bonds. The number of ether oxygens (including phenoxy) is 2. The first-order valence-corrected chi connectivity index (χ1v) is 12.4. The maximum Gasteiger partial charge on any atom is 0.247 e. The molecule has 0 spiro atoms. The van der Waals surface area contributed by atoms with Crippen LogP contribution in [0.5, 0.6) is 11.5 Å². The average Bonchev–Trinajstić information content (AvgIpc) is 3.50. The van der Waals surface area contributed by atoms with Crippen LogP contribution in [0.2, 0.25) is 5.02 Å². The van der Waals surface area contributed by atoms with Gasteiger partial charge in [-0.1, -0.05) is 23.7 Å². The second-order valence-electron chi connectivity index (χ2n) is 9.06. The molecule has 0 saturated carbocycles. The SMILES string of the molecule is CC(=O)N1CCCC1C(=O)Nc1ccccc1OCC(O)CN1CCC(Oc2ccc(Cl)cc2)C1. The van der Waals surface area contributed by atoms with Crippen molar-refractivity contribution in [3.63, 3.8) is 0 Å². The smallest absolute Gasteiger partial charge is 0.247 e. The molecule has 2 fully saturated rings. The summed E-state index contributed by atoms with van der Waals surface area (Å²) in [7, 11) is 0. The molecule has 3 unspecified atom stereocenters. The number of nitrogens with one attached hydrogen (secondary N) is 1. The van der Waals surface area contributed by atoms with Gasteiger partial charge in [0, 0.05) is 38.1 Å². The van der Waals surface area contributed by atoms with Gasteiger partial charge in [-0.2, -0.15) is 0 Å². The molecule has 2 saturated heterocycles. The number of nitrogens with zero attached hydrogens (tertiary/aromatic N) is 2. The first-order chi connectivity index (χ1) is 16.9. The van der Waals surface area contributed by atoms with Gasteiger partial charge in [-0.15, -0.1) is 0 Å². The predicted octanol–water partition coefficient (Wildman–Crippen LogP) is 3.18. The lowest BCUT2D eigenvalue weighted by Gasteiger charge is -2.23. The molecule has 9 heteroatoms. The lowest BCUT2D eigenvalue weighted by molar-refractivity contribution is -0.134. The Balaban J connectivity index is 1.25. The molecule has 2 N–H and O–H groups in total. The second kappa shape index (κ2) is 11.7. The van der Waals surface area contributed by atoms with Crippen LogP contribution in [-0.4, -0.2) is 77.8 Å². The van der Waals surface area contributed by atoms with Crippen molar-refractivity contribution in [3.05, 3.63) is 53.6 Å². The lowest BCUT2D eigenvalue weighted by atomic mass is 10.2. The Morgan fingerprint density at radius 2 is 1.91 bits per heavy atom. The van der Waals surface area contributed by atoms with Crippen LogP contribution in [0.25, 0.3) is 0 Å². The van der Waals surface area contributed by atoms with Crippen molar-refractivity contribution in [1.82, 2.24) is 9.80 Å². The summed E-state index contributed by atoms with van der Waals surface area (Å²) in [4.78, 5) is 28.3. The first kappa shape index (κ1) is 25.3. The van der Waals surface area contributed by atoms with Crippen LogP contribution in [0.15, 0.2) is 48.5 Å². The standard InChI is InChI=1S/C26H32ClN3O5/c1-18(31)30-13-4-6-24(30)26(33)28-23-5-2-3-7-25(23)34-17-20(32)15-29-14-12-22(16-29)35-21-10-8-19(27)9-11-21/h2-3,5,7-11,20,22,24,32H,4,6,12-17H2,1H3,(H,28,33). The van der Waals surface area contributed by atoms with E-state index in [9.17, 15) is 14.7 Å². The largest absolute Gasteiger partial charge is 0.489 e. The normalized spacial score (nSPS) is 21.1. The molecule has 0 aromatic heterocycles. The Morgan fingerprint density at radius 1 is 1.14 bits per heavy atom. The summed E-state index contributed by atoms with van der Waals surface area (Å²) in [6, 6.07) is 14.0. The molecule has 2 aliphatic heterocycles. The number of rotatable bonds is 9. The molecule has 2 aromatic carbocycles. The van der Waals surface area contributed by atoms with Crippen molar-refractivity contribution in [2.24, 2.45) is 0 Å². The number of hydrogen-bond acceptors (Lipinski definition) is 6. The number of carbonyl (C=O) groups excluding carboxylic acids is 2. The van der Waals surface area contributed by atoms with E-state index in [1.54, 1.807) is 35.2 Å². The molecule has 35 heavy (non-hydrogen) atoms. The Bertz CT molecular complexity index is 1020. The van der Waals surface area contributed by atoms with Crippen molar-refractivity contribution in [2.45, 2.75) is 44.4 Å². The summed E-state index contributed by atoms with van der Waals surface area (Å²) < 4.78 is 11.9. The van der Waals surface area contributed by atoms with Gasteiger partial charge in [-0.05, 0) is 55.7 Å². The number of amides is 2. The fraction of sp³-hybridized carbons (Fsp3) is 0.462. The second-order valence-corrected chi connectivity index (χ2v) is 9.50. The minimum atomic E-state index is -0.698. The zero-order chi connectivity index (χ0) is 24.8. The van der Waals surface area contributed by atoms with Crippen molar-refractivity contribution >= 4 is 29.1 Å². The number of aliphatic hydroxyl groups is 1. The van der Waals surface area contributed by atoms with E-state index in [2.05, 4.69) is 10.2 Å². The van der Waals surface area contributed by atoms with E-state index in [-0.39, 0.29) is 24.5 Å². The van der Waals surface area contributed by atoms with E-state index in [0.717, 1.165) is 31.7 Å². The van der Waals surface area contributed by atoms with Crippen LogP contribution >= 0.6 is 11.6 Å². The van der Waals surface area contributed by atoms with Gasteiger partial charge in [-0.25, -0.2) is 0 Å². The molecule has 0 radical (unpaired) electrons. The number of hydrogen-bond donors (Lipinski definition) is 2. The Hall–Kier alpha value is -2.81. The minimum absolute atomic E-state index is 0.0605. The quantitative estimate of drug-likeness (QED) is 0.548. The zero-order valence-electron chi connectivity index (χ0n) is 19.9. The third-order valence-electron chi connectivity index (χ3n) is 6.35. The topological polar surface area (TPSA) is 91.3 Å². The summed E-state index contributed by atoms with van der Waals surface area (Å²) >= 11 is 5.93. The summed E-state index contributed by atoms with van der Waals surface area (Å²) in [6.07, 6.45) is 1.70. The number of benzene rings is 2. The van der Waals surface area contributed by atoms with Crippen LogP contribution in [0.4, 0.5) is 5.69 Å². The van der Waals surface area contributed by atoms with E-state index in [4.69, 9.17) is 21.1 Å². The minimum Gasteiger partial charge on any atom is -0.489 e. The molecule has 2 aromatic rings. The van der Waals surface area contributed by atoms with Gasteiger partial charge in [0.2, 0.25) is 11.8 Å². The van der Waals surface area contributed by atoms with Crippen molar-refractivity contribution in [2.75, 3.05) is 38.1 Å². The highest BCUT2D eigenvalue weighted by Gasteiger charge is 2.32. The molecule has 8 nitrogen and oxygen atoms in total. The summed E-state index contributed by atoms with van der Waals surface area (Å²) in [5, 5.41) is 14.1. The van der Waals surface area contributed by atoms with Crippen LogP contribution < -0.4 is 14.8 Å². The Morgan fingerprint density at radius 3 is 2.69 bits per heavy atom. The van der Waals surface area contributed by atoms with Crippen LogP contribution in [0, 0.1) is 0 Å². The van der Waals surface area contributed by atoms with Crippen LogP contribution in [0.3, 0.4) is 0 Å². The molecule has 4 rings (SSSR count). The van der Waals surface area contributed by atoms with E-state index in [0.29, 0.717) is 36.0 Å². The van der Waals surface area contributed by atoms with Gasteiger partial charge < -0.3 is 24.8 Å². The van der Waals surface area contributed by atoms with Gasteiger partial charge in [0.25, 0.3) is 0 Å². The molecule has 0 aliphatic carbocycles. The Kier molecular flexibility index (Phi) is 8.49.